The summed E-state index contributed by atoms with van der Waals surface area (Å²) in [4.78, 5) is 43.0. The van der Waals surface area contributed by atoms with E-state index in [0.717, 1.165) is 17.0 Å². The first-order chi connectivity index (χ1) is 19.6. The third-order valence-electron chi connectivity index (χ3n) is 7.07. The van der Waals surface area contributed by atoms with Gasteiger partial charge in [0, 0.05) is 24.4 Å². The van der Waals surface area contributed by atoms with E-state index in [0.29, 0.717) is 30.7 Å². The van der Waals surface area contributed by atoms with Crippen molar-refractivity contribution >= 4 is 35.4 Å². The molecule has 2 aromatic carbocycles. The summed E-state index contributed by atoms with van der Waals surface area (Å²) < 4.78 is 16.4. The number of alkyl carbamates (subject to hydrolysis) is 1. The summed E-state index contributed by atoms with van der Waals surface area (Å²) in [7, 11) is 1.60. The standard InChI is InChI=1S/C31H35N3O6S/c1-31(2,3)40-30(37)32-25-17-34-26(29(36)39-18-20-8-6-5-7-9-20)22(19-41-28(25)34)16-21-14-15-33(27(21)35)23-10-12-24(38-4)13-11-23/h5-13,16,19,25-26,28H,14-15,17-18H2,1-4H3,(H,32,37)/t25-,26+,28-/m1/s1. The monoisotopic (exact) mass is 577 g/mol. The molecular formula is C31H35N3O6S. The zero-order valence-corrected chi connectivity index (χ0v) is 24.5. The van der Waals surface area contributed by atoms with Gasteiger partial charge in [-0.15, -0.1) is 11.8 Å². The Labute approximate surface area is 244 Å². The summed E-state index contributed by atoms with van der Waals surface area (Å²) in [5.41, 5.74) is 2.42. The van der Waals surface area contributed by atoms with Gasteiger partial charge in [-0.25, -0.2) is 9.59 Å². The average molecular weight is 578 g/mol. The first-order valence-electron chi connectivity index (χ1n) is 13.6. The van der Waals surface area contributed by atoms with Gasteiger partial charge in [-0.3, -0.25) is 9.69 Å². The fourth-order valence-corrected chi connectivity index (χ4v) is 6.27. The number of methoxy groups -OCH3 is 1. The van der Waals surface area contributed by atoms with Crippen molar-refractivity contribution in [3.8, 4) is 5.75 Å². The van der Waals surface area contributed by atoms with Gasteiger partial charge in [-0.2, -0.15) is 0 Å². The normalized spacial score (nSPS) is 23.4. The van der Waals surface area contributed by atoms with Gasteiger partial charge in [0.2, 0.25) is 0 Å². The van der Waals surface area contributed by atoms with Crippen molar-refractivity contribution in [3.05, 3.63) is 82.8 Å². The summed E-state index contributed by atoms with van der Waals surface area (Å²) >= 11 is 1.51. The second-order valence-electron chi connectivity index (χ2n) is 11.2. The molecule has 41 heavy (non-hydrogen) atoms. The first-order valence-corrected chi connectivity index (χ1v) is 14.5. The van der Waals surface area contributed by atoms with E-state index >= 15 is 0 Å². The quantitative estimate of drug-likeness (QED) is 0.376. The second-order valence-corrected chi connectivity index (χ2v) is 12.2. The number of ether oxygens (including phenoxy) is 3. The first kappa shape index (κ1) is 28.8. The molecule has 10 heteroatoms. The molecule has 0 aliphatic carbocycles. The van der Waals surface area contributed by atoms with Crippen LogP contribution in [0.3, 0.4) is 0 Å². The van der Waals surface area contributed by atoms with E-state index in [9.17, 15) is 14.4 Å². The number of anilines is 1. The van der Waals surface area contributed by atoms with Crippen LogP contribution in [0.5, 0.6) is 5.75 Å². The molecule has 3 atom stereocenters. The zero-order valence-electron chi connectivity index (χ0n) is 23.7. The van der Waals surface area contributed by atoms with E-state index in [1.165, 1.54) is 11.8 Å². The lowest BCUT2D eigenvalue weighted by Gasteiger charge is -2.52. The summed E-state index contributed by atoms with van der Waals surface area (Å²) in [6.07, 6.45) is 1.90. The lowest BCUT2D eigenvalue weighted by molar-refractivity contribution is -0.152. The fourth-order valence-electron chi connectivity index (χ4n) is 5.07. The van der Waals surface area contributed by atoms with Crippen molar-refractivity contribution in [1.29, 1.82) is 0 Å². The van der Waals surface area contributed by atoms with Crippen molar-refractivity contribution in [1.82, 2.24) is 10.2 Å². The van der Waals surface area contributed by atoms with Gasteiger partial charge in [-0.05, 0) is 74.1 Å². The van der Waals surface area contributed by atoms with Gasteiger partial charge >= 0.3 is 12.1 Å². The maximum Gasteiger partial charge on any atom is 0.408 e. The van der Waals surface area contributed by atoms with Crippen LogP contribution in [0.4, 0.5) is 10.5 Å². The van der Waals surface area contributed by atoms with Crippen molar-refractivity contribution < 1.29 is 28.6 Å². The minimum absolute atomic E-state index is 0.0901. The predicted octanol–water partition coefficient (Wildman–Crippen LogP) is 4.64. The Morgan fingerprint density at radius 2 is 1.83 bits per heavy atom. The highest BCUT2D eigenvalue weighted by atomic mass is 32.2. The maximum atomic E-state index is 13.5. The number of rotatable bonds is 7. The molecule has 2 aromatic rings. The van der Waals surface area contributed by atoms with E-state index in [1.54, 1.807) is 12.0 Å². The molecule has 3 aliphatic rings. The number of thioether (sulfide) groups is 1. The molecular weight excluding hydrogens is 542 g/mol. The molecule has 0 bridgehead atoms. The van der Waals surface area contributed by atoms with Crippen LogP contribution in [0.25, 0.3) is 0 Å². The summed E-state index contributed by atoms with van der Waals surface area (Å²) in [6, 6.07) is 16.0. The number of carbonyl (C=O) groups excluding carboxylic acids is 3. The highest BCUT2D eigenvalue weighted by Crippen LogP contribution is 2.41. The molecule has 0 radical (unpaired) electrons. The number of nitrogens with zero attached hydrogens (tertiary/aromatic N) is 2. The van der Waals surface area contributed by atoms with Crippen LogP contribution in [-0.4, -0.2) is 66.1 Å². The number of amides is 2. The van der Waals surface area contributed by atoms with E-state index in [4.69, 9.17) is 14.2 Å². The number of benzene rings is 2. The third-order valence-corrected chi connectivity index (χ3v) is 8.35. The van der Waals surface area contributed by atoms with Crippen LogP contribution in [0, 0.1) is 0 Å². The minimum atomic E-state index is -0.697. The smallest absolute Gasteiger partial charge is 0.408 e. The van der Waals surface area contributed by atoms with Crippen molar-refractivity contribution in [2.75, 3.05) is 25.1 Å². The molecule has 0 aromatic heterocycles. The van der Waals surface area contributed by atoms with Crippen LogP contribution < -0.4 is 15.0 Å². The number of hydrogen-bond donors (Lipinski definition) is 1. The van der Waals surface area contributed by atoms with E-state index in [2.05, 4.69) is 5.32 Å². The number of hydrogen-bond acceptors (Lipinski definition) is 8. The molecule has 0 saturated carbocycles. The molecule has 0 spiro atoms. The molecule has 2 amide bonds. The Morgan fingerprint density at radius 1 is 1.10 bits per heavy atom. The van der Waals surface area contributed by atoms with Gasteiger partial charge in [0.15, 0.2) is 0 Å². The Morgan fingerprint density at radius 3 is 2.51 bits per heavy atom. The van der Waals surface area contributed by atoms with Gasteiger partial charge in [0.05, 0.1) is 18.5 Å². The second kappa shape index (κ2) is 12.0. The number of carbonyl (C=O) groups is 3. The van der Waals surface area contributed by atoms with E-state index in [-0.39, 0.29) is 23.9 Å². The van der Waals surface area contributed by atoms with Gasteiger partial charge < -0.3 is 24.4 Å². The third kappa shape index (κ3) is 6.60. The summed E-state index contributed by atoms with van der Waals surface area (Å²) in [6.45, 7) is 6.60. The Bertz CT molecular complexity index is 1350. The highest BCUT2D eigenvalue weighted by Gasteiger charge is 2.50. The largest absolute Gasteiger partial charge is 0.497 e. The number of esters is 1. The lowest BCUT2D eigenvalue weighted by Crippen LogP contribution is -2.70. The fraction of sp³-hybridized carbons (Fsp3) is 0.387. The molecule has 2 fully saturated rings. The van der Waals surface area contributed by atoms with Crippen molar-refractivity contribution in [3.63, 3.8) is 0 Å². The summed E-state index contributed by atoms with van der Waals surface area (Å²) in [5, 5.41) is 4.68. The Balaban J connectivity index is 1.34. The molecule has 216 valence electrons. The molecule has 2 saturated heterocycles. The molecule has 1 N–H and O–H groups in total. The van der Waals surface area contributed by atoms with Gasteiger partial charge in [0.1, 0.15) is 24.0 Å². The van der Waals surface area contributed by atoms with Crippen LogP contribution in [0.1, 0.15) is 32.8 Å². The Kier molecular flexibility index (Phi) is 8.42. The van der Waals surface area contributed by atoms with E-state index in [1.807, 2.05) is 91.8 Å². The molecule has 5 rings (SSSR count). The van der Waals surface area contributed by atoms with Crippen LogP contribution >= 0.6 is 11.8 Å². The number of fused-ring (bicyclic) bond motifs is 1. The highest BCUT2D eigenvalue weighted by molar-refractivity contribution is 8.02. The summed E-state index contributed by atoms with van der Waals surface area (Å²) in [5.74, 6) is 0.240. The Hall–Kier alpha value is -3.76. The maximum absolute atomic E-state index is 13.5. The van der Waals surface area contributed by atoms with E-state index < -0.39 is 23.7 Å². The molecule has 0 unspecified atom stereocenters. The van der Waals surface area contributed by atoms with Gasteiger partial charge in [0.25, 0.3) is 5.91 Å². The topological polar surface area (TPSA) is 97.4 Å². The van der Waals surface area contributed by atoms with Gasteiger partial charge in [-0.1, -0.05) is 30.3 Å². The molecule has 3 aliphatic heterocycles. The lowest BCUT2D eigenvalue weighted by atomic mass is 9.97. The van der Waals surface area contributed by atoms with Crippen molar-refractivity contribution in [2.24, 2.45) is 0 Å². The van der Waals surface area contributed by atoms with Crippen LogP contribution in [0.15, 0.2) is 77.2 Å². The predicted molar refractivity (Wildman–Crippen MR) is 157 cm³/mol. The molecule has 3 heterocycles. The van der Waals surface area contributed by atoms with Crippen molar-refractivity contribution in [2.45, 2.75) is 56.9 Å². The average Bonchev–Trinajstić information content (AvgIpc) is 3.29. The molecule has 9 nitrogen and oxygen atoms in total. The minimum Gasteiger partial charge on any atom is -0.497 e. The van der Waals surface area contributed by atoms with Crippen LogP contribution in [-0.2, 0) is 25.7 Å². The zero-order chi connectivity index (χ0) is 29.1. The SMILES string of the molecule is COc1ccc(N2CCC(=CC3=CS[C@@H]4[C@H](NC(=O)OC(C)(C)C)CN4[C@@H]3C(=O)OCc3ccccc3)C2=O)cc1. The number of nitrogens with one attached hydrogen (secondary N) is 1. The van der Waals surface area contributed by atoms with Crippen LogP contribution in [0.2, 0.25) is 0 Å².